The summed E-state index contributed by atoms with van der Waals surface area (Å²) in [6.45, 7) is 8.15. The molecule has 2 aromatic rings. The summed E-state index contributed by atoms with van der Waals surface area (Å²) >= 11 is 0. The molecule has 0 bridgehead atoms. The minimum absolute atomic E-state index is 0.0712. The van der Waals surface area contributed by atoms with Gasteiger partial charge in [0.05, 0.1) is 19.6 Å². The molecule has 2 unspecified atom stereocenters. The van der Waals surface area contributed by atoms with E-state index >= 15 is 0 Å². The first-order valence-electron chi connectivity index (χ1n) is 13.7. The number of unbranched alkanes of at least 4 members (excludes halogenated alkanes) is 2. The first-order chi connectivity index (χ1) is 17.5. The van der Waals surface area contributed by atoms with Crippen molar-refractivity contribution in [2.45, 2.75) is 78.7 Å². The molecule has 0 fully saturated rings. The number of ether oxygens (including phenoxy) is 2. The van der Waals surface area contributed by atoms with Gasteiger partial charge in [0.15, 0.2) is 0 Å². The Hall–Kier alpha value is -2.82. The van der Waals surface area contributed by atoms with E-state index in [0.717, 1.165) is 49.7 Å². The first-order valence-corrected chi connectivity index (χ1v) is 13.7. The van der Waals surface area contributed by atoms with Crippen molar-refractivity contribution in [1.82, 2.24) is 4.90 Å². The molecule has 1 amide bonds. The predicted molar refractivity (Wildman–Crippen MR) is 146 cm³/mol. The van der Waals surface area contributed by atoms with Gasteiger partial charge in [0.25, 0.3) is 0 Å². The Kier molecular flexibility index (Phi) is 14.4. The van der Waals surface area contributed by atoms with Gasteiger partial charge in [0, 0.05) is 13.1 Å². The van der Waals surface area contributed by atoms with Crippen LogP contribution in [0, 0.1) is 11.8 Å². The third-order valence-electron chi connectivity index (χ3n) is 6.52. The highest BCUT2D eigenvalue weighted by Crippen LogP contribution is 2.19. The lowest BCUT2D eigenvalue weighted by atomic mass is 9.95. The molecule has 2 rings (SSSR count). The Balaban J connectivity index is 2.12. The standard InChI is InChI=1S/C31H45NO4/c1-4-7-15-26(6-3)25-36-30(33)22-29(21-27-16-11-9-12-17-27)24-32(31(34)35-20-8-5-2)23-28-18-13-10-14-19-28/h9-14,16-19,26,29H,4-8,15,20-25H2,1-3H3. The number of rotatable bonds is 17. The van der Waals surface area contributed by atoms with E-state index in [2.05, 4.69) is 32.9 Å². The fourth-order valence-electron chi connectivity index (χ4n) is 4.27. The topological polar surface area (TPSA) is 55.8 Å². The summed E-state index contributed by atoms with van der Waals surface area (Å²) in [4.78, 5) is 27.7. The molecule has 0 heterocycles. The van der Waals surface area contributed by atoms with Crippen LogP contribution in [0.1, 0.15) is 76.8 Å². The quantitative estimate of drug-likeness (QED) is 0.169. The number of benzene rings is 2. The van der Waals surface area contributed by atoms with Crippen molar-refractivity contribution < 1.29 is 19.1 Å². The number of carbonyl (C=O) groups is 2. The molecular formula is C31H45NO4. The van der Waals surface area contributed by atoms with Crippen LogP contribution in [-0.2, 0) is 27.2 Å². The summed E-state index contributed by atoms with van der Waals surface area (Å²) in [6, 6.07) is 20.0. The van der Waals surface area contributed by atoms with Gasteiger partial charge in [0.2, 0.25) is 0 Å². The van der Waals surface area contributed by atoms with Crippen LogP contribution in [0.5, 0.6) is 0 Å². The third kappa shape index (κ3) is 11.7. The van der Waals surface area contributed by atoms with E-state index in [0.29, 0.717) is 38.6 Å². The van der Waals surface area contributed by atoms with Crippen LogP contribution in [-0.4, -0.2) is 36.7 Å². The van der Waals surface area contributed by atoms with Gasteiger partial charge < -0.3 is 14.4 Å². The number of hydrogen-bond acceptors (Lipinski definition) is 4. The lowest BCUT2D eigenvalue weighted by molar-refractivity contribution is -0.146. The average molecular weight is 496 g/mol. The zero-order chi connectivity index (χ0) is 26.0. The van der Waals surface area contributed by atoms with Crippen molar-refractivity contribution in [3.8, 4) is 0 Å². The maximum atomic E-state index is 13.0. The summed E-state index contributed by atoms with van der Waals surface area (Å²) in [7, 11) is 0. The molecule has 0 aliphatic rings. The molecule has 0 N–H and O–H groups in total. The Labute approximate surface area is 218 Å². The van der Waals surface area contributed by atoms with Gasteiger partial charge >= 0.3 is 12.1 Å². The molecule has 36 heavy (non-hydrogen) atoms. The van der Waals surface area contributed by atoms with Gasteiger partial charge in [-0.2, -0.15) is 0 Å². The Morgan fingerprint density at radius 2 is 1.44 bits per heavy atom. The van der Waals surface area contributed by atoms with Crippen LogP contribution < -0.4 is 0 Å². The summed E-state index contributed by atoms with van der Waals surface area (Å²) in [5.74, 6) is 0.146. The minimum Gasteiger partial charge on any atom is -0.465 e. The molecule has 0 radical (unpaired) electrons. The Morgan fingerprint density at radius 3 is 2.06 bits per heavy atom. The second-order valence-corrected chi connectivity index (χ2v) is 9.69. The monoisotopic (exact) mass is 495 g/mol. The van der Waals surface area contributed by atoms with E-state index in [1.165, 1.54) is 0 Å². The molecule has 2 atom stereocenters. The lowest BCUT2D eigenvalue weighted by Gasteiger charge is -2.27. The zero-order valence-corrected chi connectivity index (χ0v) is 22.5. The average Bonchev–Trinajstić information content (AvgIpc) is 2.89. The van der Waals surface area contributed by atoms with Crippen LogP contribution in [0.25, 0.3) is 0 Å². The van der Waals surface area contributed by atoms with Crippen molar-refractivity contribution in [2.24, 2.45) is 11.8 Å². The molecular weight excluding hydrogens is 450 g/mol. The third-order valence-corrected chi connectivity index (χ3v) is 6.52. The van der Waals surface area contributed by atoms with E-state index in [-0.39, 0.29) is 24.4 Å². The second-order valence-electron chi connectivity index (χ2n) is 9.69. The fraction of sp³-hybridized carbons (Fsp3) is 0.548. The highest BCUT2D eigenvalue weighted by Gasteiger charge is 2.24. The number of hydrogen-bond donors (Lipinski definition) is 0. The smallest absolute Gasteiger partial charge is 0.410 e. The van der Waals surface area contributed by atoms with Crippen molar-refractivity contribution in [3.63, 3.8) is 0 Å². The van der Waals surface area contributed by atoms with E-state index in [9.17, 15) is 9.59 Å². The molecule has 0 aliphatic heterocycles. The van der Waals surface area contributed by atoms with E-state index in [1.807, 2.05) is 48.5 Å². The highest BCUT2D eigenvalue weighted by atomic mass is 16.6. The van der Waals surface area contributed by atoms with Crippen LogP contribution in [0.4, 0.5) is 4.79 Å². The predicted octanol–water partition coefficient (Wildman–Crippen LogP) is 7.43. The van der Waals surface area contributed by atoms with Gasteiger partial charge in [-0.25, -0.2) is 4.79 Å². The molecule has 5 nitrogen and oxygen atoms in total. The highest BCUT2D eigenvalue weighted by molar-refractivity contribution is 5.70. The molecule has 0 aromatic heterocycles. The zero-order valence-electron chi connectivity index (χ0n) is 22.5. The molecule has 198 valence electrons. The van der Waals surface area contributed by atoms with E-state index in [4.69, 9.17) is 9.47 Å². The van der Waals surface area contributed by atoms with E-state index < -0.39 is 0 Å². The Bertz CT molecular complexity index is 855. The number of esters is 1. The Morgan fingerprint density at radius 1 is 0.806 bits per heavy atom. The summed E-state index contributed by atoms with van der Waals surface area (Å²) in [5, 5.41) is 0. The maximum absolute atomic E-state index is 13.0. The van der Waals surface area contributed by atoms with Gasteiger partial charge in [-0.05, 0) is 42.2 Å². The molecule has 5 heteroatoms. The minimum atomic E-state index is -0.329. The van der Waals surface area contributed by atoms with Crippen LogP contribution in [0.15, 0.2) is 60.7 Å². The largest absolute Gasteiger partial charge is 0.465 e. The summed E-state index contributed by atoms with van der Waals surface area (Å²) in [6.07, 6.45) is 6.83. The van der Waals surface area contributed by atoms with Crippen molar-refractivity contribution in [1.29, 1.82) is 0 Å². The molecule has 0 saturated heterocycles. The van der Waals surface area contributed by atoms with Crippen molar-refractivity contribution in [3.05, 3.63) is 71.8 Å². The van der Waals surface area contributed by atoms with Crippen molar-refractivity contribution in [2.75, 3.05) is 19.8 Å². The van der Waals surface area contributed by atoms with Gasteiger partial charge in [-0.3, -0.25) is 4.79 Å². The molecule has 0 saturated carbocycles. The maximum Gasteiger partial charge on any atom is 0.410 e. The normalized spacial score (nSPS) is 12.5. The summed E-state index contributed by atoms with van der Waals surface area (Å²) < 4.78 is 11.3. The molecule has 2 aromatic carbocycles. The fourth-order valence-corrected chi connectivity index (χ4v) is 4.27. The molecule has 0 spiro atoms. The van der Waals surface area contributed by atoms with Gasteiger partial charge in [0.1, 0.15) is 0 Å². The summed E-state index contributed by atoms with van der Waals surface area (Å²) in [5.41, 5.74) is 2.18. The van der Waals surface area contributed by atoms with Gasteiger partial charge in [-0.1, -0.05) is 107 Å². The number of nitrogens with zero attached hydrogens (tertiary/aromatic N) is 1. The van der Waals surface area contributed by atoms with Crippen LogP contribution >= 0.6 is 0 Å². The SMILES string of the molecule is CCCCOC(=O)N(Cc1ccccc1)CC(CC(=O)OCC(CC)CCCC)Cc1ccccc1. The lowest BCUT2D eigenvalue weighted by Crippen LogP contribution is -2.37. The first kappa shape index (κ1) is 29.4. The van der Waals surface area contributed by atoms with Gasteiger partial charge in [-0.15, -0.1) is 0 Å². The van der Waals surface area contributed by atoms with Crippen molar-refractivity contribution >= 4 is 12.1 Å². The number of amides is 1. The number of carbonyl (C=O) groups excluding carboxylic acids is 2. The van der Waals surface area contributed by atoms with Crippen LogP contribution in [0.3, 0.4) is 0 Å². The van der Waals surface area contributed by atoms with Crippen LogP contribution in [0.2, 0.25) is 0 Å². The van der Waals surface area contributed by atoms with E-state index in [1.54, 1.807) is 4.90 Å². The second kappa shape index (κ2) is 17.6. The molecule has 0 aliphatic carbocycles.